The number of nitrogens with zero attached hydrogens (tertiary/aromatic N) is 1. The van der Waals surface area contributed by atoms with Gasteiger partial charge in [0.15, 0.2) is 0 Å². The third-order valence-electron chi connectivity index (χ3n) is 2.41. The van der Waals surface area contributed by atoms with Crippen LogP contribution in [0.25, 0.3) is 0 Å². The second kappa shape index (κ2) is 5.83. The Kier molecular flexibility index (Phi) is 4.15. The zero-order valence-corrected chi connectivity index (χ0v) is 11.8. The number of amides is 1. The average Bonchev–Trinajstić information content (AvgIpc) is 2.89. The minimum Gasteiger partial charge on any atom is -0.467 e. The molecule has 0 bridgehead atoms. The van der Waals surface area contributed by atoms with Crippen molar-refractivity contribution in [3.05, 3.63) is 61.6 Å². The van der Waals surface area contributed by atoms with Crippen LogP contribution in [0.2, 0.25) is 0 Å². The van der Waals surface area contributed by atoms with Gasteiger partial charge in [0.05, 0.1) is 23.3 Å². The lowest BCUT2D eigenvalue weighted by atomic mass is 10.2. The zero-order chi connectivity index (χ0) is 13.8. The van der Waals surface area contributed by atoms with Crippen LogP contribution in [0.1, 0.15) is 16.1 Å². The molecular weight excluding hydrogens is 363 g/mol. The largest absolute Gasteiger partial charge is 0.467 e. The molecule has 0 aliphatic heterocycles. The molecule has 0 saturated heterocycles. The molecule has 0 atom stereocenters. The van der Waals surface area contributed by atoms with Crippen LogP contribution in [0.5, 0.6) is 0 Å². The van der Waals surface area contributed by atoms with Gasteiger partial charge in [-0.1, -0.05) is 0 Å². The number of rotatable bonds is 4. The Bertz CT molecular complexity index is 610. The van der Waals surface area contributed by atoms with Gasteiger partial charge in [-0.25, -0.2) is 0 Å². The van der Waals surface area contributed by atoms with Crippen molar-refractivity contribution in [1.29, 1.82) is 0 Å². The highest BCUT2D eigenvalue weighted by molar-refractivity contribution is 14.1. The Morgan fingerprint density at radius 1 is 1.42 bits per heavy atom. The molecule has 0 aliphatic carbocycles. The molecule has 0 radical (unpaired) electrons. The van der Waals surface area contributed by atoms with Crippen molar-refractivity contribution < 1.29 is 14.1 Å². The summed E-state index contributed by atoms with van der Waals surface area (Å²) in [5.41, 5.74) is 0.171. The number of nitro groups is 1. The Hall–Kier alpha value is -1.90. The summed E-state index contributed by atoms with van der Waals surface area (Å²) in [6.45, 7) is 0.241. The van der Waals surface area contributed by atoms with E-state index in [4.69, 9.17) is 4.42 Å². The van der Waals surface area contributed by atoms with Gasteiger partial charge in [-0.05, 0) is 40.8 Å². The third kappa shape index (κ3) is 3.31. The maximum atomic E-state index is 12.0. The summed E-state index contributed by atoms with van der Waals surface area (Å²) < 4.78 is 5.74. The van der Waals surface area contributed by atoms with E-state index in [9.17, 15) is 14.9 Å². The van der Waals surface area contributed by atoms with Crippen molar-refractivity contribution in [1.82, 2.24) is 5.32 Å². The number of benzene rings is 1. The lowest BCUT2D eigenvalue weighted by Gasteiger charge is -2.05. The van der Waals surface area contributed by atoms with Crippen LogP contribution in [0, 0.1) is 13.7 Å². The van der Waals surface area contributed by atoms with Gasteiger partial charge in [-0.2, -0.15) is 0 Å². The van der Waals surface area contributed by atoms with Crippen LogP contribution in [0.4, 0.5) is 5.69 Å². The molecule has 1 amide bonds. The summed E-state index contributed by atoms with van der Waals surface area (Å²) in [5.74, 6) is 0.248. The minimum atomic E-state index is -0.528. The summed E-state index contributed by atoms with van der Waals surface area (Å²) >= 11 is 1.96. The van der Waals surface area contributed by atoms with Gasteiger partial charge in [0, 0.05) is 15.7 Å². The first-order chi connectivity index (χ1) is 9.08. The van der Waals surface area contributed by atoms with E-state index in [0.717, 1.165) is 0 Å². The lowest BCUT2D eigenvalue weighted by molar-refractivity contribution is -0.384. The van der Waals surface area contributed by atoms with Gasteiger partial charge in [0.1, 0.15) is 5.76 Å². The number of nitro benzene ring substituents is 1. The monoisotopic (exact) mass is 372 g/mol. The minimum absolute atomic E-state index is 0.108. The fourth-order valence-corrected chi connectivity index (χ4v) is 2.06. The van der Waals surface area contributed by atoms with E-state index in [2.05, 4.69) is 5.32 Å². The van der Waals surface area contributed by atoms with Crippen LogP contribution >= 0.6 is 22.6 Å². The average molecular weight is 372 g/mol. The van der Waals surface area contributed by atoms with Gasteiger partial charge in [0.25, 0.3) is 11.6 Å². The predicted octanol–water partition coefficient (Wildman–Crippen LogP) is 2.72. The highest BCUT2D eigenvalue weighted by atomic mass is 127. The standard InChI is InChI=1S/C12H9IN2O4/c13-11-4-3-8(15(17)18)6-10(11)12(16)14-7-9-2-1-5-19-9/h1-6H,7H2,(H,14,16). The van der Waals surface area contributed by atoms with E-state index in [1.807, 2.05) is 22.6 Å². The summed E-state index contributed by atoms with van der Waals surface area (Å²) in [6, 6.07) is 7.63. The summed E-state index contributed by atoms with van der Waals surface area (Å²) in [7, 11) is 0. The molecule has 98 valence electrons. The Labute approximate surface area is 122 Å². The molecule has 0 aliphatic rings. The fraction of sp³-hybridized carbons (Fsp3) is 0.0833. The van der Waals surface area contributed by atoms with Crippen molar-refractivity contribution in [2.24, 2.45) is 0 Å². The maximum Gasteiger partial charge on any atom is 0.270 e. The van der Waals surface area contributed by atoms with Crippen molar-refractivity contribution in [3.8, 4) is 0 Å². The smallest absolute Gasteiger partial charge is 0.270 e. The number of halogens is 1. The first kappa shape index (κ1) is 13.5. The molecule has 0 fully saturated rings. The lowest BCUT2D eigenvalue weighted by Crippen LogP contribution is -2.23. The summed E-state index contributed by atoms with van der Waals surface area (Å²) in [5, 5.41) is 13.3. The second-order valence-corrected chi connectivity index (χ2v) is 4.85. The van der Waals surface area contributed by atoms with Crippen LogP contribution in [-0.4, -0.2) is 10.8 Å². The number of furan rings is 1. The SMILES string of the molecule is O=C(NCc1ccco1)c1cc([N+](=O)[O-])ccc1I. The van der Waals surface area contributed by atoms with E-state index in [1.165, 1.54) is 18.4 Å². The predicted molar refractivity (Wildman–Crippen MR) is 75.7 cm³/mol. The molecular formula is C12H9IN2O4. The normalized spacial score (nSPS) is 10.2. The molecule has 6 nitrogen and oxygen atoms in total. The van der Waals surface area contributed by atoms with Gasteiger partial charge in [0.2, 0.25) is 0 Å². The molecule has 7 heteroatoms. The number of hydrogen-bond acceptors (Lipinski definition) is 4. The second-order valence-electron chi connectivity index (χ2n) is 3.68. The summed E-state index contributed by atoms with van der Waals surface area (Å²) in [6.07, 6.45) is 1.51. The van der Waals surface area contributed by atoms with Gasteiger partial charge >= 0.3 is 0 Å². The van der Waals surface area contributed by atoms with E-state index in [1.54, 1.807) is 18.2 Å². The highest BCUT2D eigenvalue weighted by Crippen LogP contribution is 2.19. The van der Waals surface area contributed by atoms with Crippen LogP contribution in [0.15, 0.2) is 41.0 Å². The maximum absolute atomic E-state index is 12.0. The molecule has 1 aromatic carbocycles. The van der Waals surface area contributed by atoms with Crippen molar-refractivity contribution >= 4 is 34.2 Å². The third-order valence-corrected chi connectivity index (χ3v) is 3.35. The van der Waals surface area contributed by atoms with E-state index in [0.29, 0.717) is 9.33 Å². The molecule has 2 rings (SSSR count). The van der Waals surface area contributed by atoms with E-state index in [-0.39, 0.29) is 23.7 Å². The zero-order valence-electron chi connectivity index (χ0n) is 9.63. The molecule has 19 heavy (non-hydrogen) atoms. The molecule has 0 spiro atoms. The first-order valence-electron chi connectivity index (χ1n) is 5.32. The Morgan fingerprint density at radius 3 is 2.84 bits per heavy atom. The molecule has 1 heterocycles. The summed E-state index contributed by atoms with van der Waals surface area (Å²) in [4.78, 5) is 22.1. The topological polar surface area (TPSA) is 85.4 Å². The van der Waals surface area contributed by atoms with Gasteiger partial charge in [-0.15, -0.1) is 0 Å². The number of nitrogens with one attached hydrogen (secondary N) is 1. The number of hydrogen-bond donors (Lipinski definition) is 1. The molecule has 1 aromatic heterocycles. The van der Waals surface area contributed by atoms with Crippen molar-refractivity contribution in [2.75, 3.05) is 0 Å². The Morgan fingerprint density at radius 2 is 2.21 bits per heavy atom. The van der Waals surface area contributed by atoms with E-state index >= 15 is 0 Å². The molecule has 0 saturated carbocycles. The van der Waals surface area contributed by atoms with Crippen molar-refractivity contribution in [2.45, 2.75) is 6.54 Å². The molecule has 1 N–H and O–H groups in total. The molecule has 0 unspecified atom stereocenters. The number of carbonyl (C=O) groups excluding carboxylic acids is 1. The van der Waals surface area contributed by atoms with Gasteiger partial charge in [-0.3, -0.25) is 14.9 Å². The van der Waals surface area contributed by atoms with Gasteiger partial charge < -0.3 is 9.73 Å². The highest BCUT2D eigenvalue weighted by Gasteiger charge is 2.15. The fourth-order valence-electron chi connectivity index (χ4n) is 1.48. The quantitative estimate of drug-likeness (QED) is 0.508. The molecule has 2 aromatic rings. The first-order valence-corrected chi connectivity index (χ1v) is 6.40. The van der Waals surface area contributed by atoms with E-state index < -0.39 is 4.92 Å². The number of carbonyl (C=O) groups is 1. The van der Waals surface area contributed by atoms with Crippen LogP contribution in [0.3, 0.4) is 0 Å². The number of non-ortho nitro benzene ring substituents is 1. The van der Waals surface area contributed by atoms with Crippen LogP contribution < -0.4 is 5.32 Å². The van der Waals surface area contributed by atoms with Crippen molar-refractivity contribution in [3.63, 3.8) is 0 Å². The Balaban J connectivity index is 2.14. The van der Waals surface area contributed by atoms with Crippen LogP contribution in [-0.2, 0) is 6.54 Å².